The summed E-state index contributed by atoms with van der Waals surface area (Å²) in [6.45, 7) is -0.429. The molecule has 0 saturated heterocycles. The maximum Gasteiger partial charge on any atom is 0.347 e. The predicted molar refractivity (Wildman–Crippen MR) is 113 cm³/mol. The van der Waals surface area contributed by atoms with Gasteiger partial charge in [-0.25, -0.2) is 13.2 Å². The van der Waals surface area contributed by atoms with Crippen LogP contribution in [0.15, 0.2) is 27.7 Å². The number of aliphatic hydroxyl groups excluding tert-OH is 1. The Hall–Kier alpha value is -2.69. The van der Waals surface area contributed by atoms with Crippen molar-refractivity contribution in [3.63, 3.8) is 0 Å². The molecule has 0 radical (unpaired) electrons. The molecule has 1 aromatic carbocycles. The monoisotopic (exact) mass is 466 g/mol. The molecule has 1 aliphatic carbocycles. The molecule has 11 heteroatoms. The van der Waals surface area contributed by atoms with E-state index in [0.29, 0.717) is 29.7 Å². The summed E-state index contributed by atoms with van der Waals surface area (Å²) < 4.78 is 25.1. The molecule has 4 rings (SSSR count). The summed E-state index contributed by atoms with van der Waals surface area (Å²) in [5.74, 6) is -1.90. The number of hydrogen-bond donors (Lipinski definition) is 3. The van der Waals surface area contributed by atoms with E-state index < -0.39 is 34.4 Å². The van der Waals surface area contributed by atoms with E-state index in [1.54, 1.807) is 6.07 Å². The van der Waals surface area contributed by atoms with Crippen molar-refractivity contribution in [3.8, 4) is 0 Å². The molecule has 1 aromatic rings. The van der Waals surface area contributed by atoms with E-state index in [1.165, 1.54) is 12.2 Å². The highest BCUT2D eigenvalue weighted by Gasteiger charge is 2.36. The molecule has 0 fully saturated rings. The number of carbonyl (C=O) groups is 2. The molecular formula is C20H19ClN2O7S. The van der Waals surface area contributed by atoms with Crippen molar-refractivity contribution < 1.29 is 33.1 Å². The van der Waals surface area contributed by atoms with Crippen LogP contribution in [0.4, 0.5) is 5.69 Å². The molecule has 9 nitrogen and oxygen atoms in total. The lowest BCUT2D eigenvalue weighted by Crippen LogP contribution is -2.25. The van der Waals surface area contributed by atoms with Gasteiger partial charge in [-0.2, -0.15) is 0 Å². The number of fused-ring (bicyclic) bond motifs is 3. The van der Waals surface area contributed by atoms with Gasteiger partial charge in [0.1, 0.15) is 4.36 Å². The number of sulfone groups is 1. The van der Waals surface area contributed by atoms with Gasteiger partial charge < -0.3 is 20.4 Å². The first-order valence-electron chi connectivity index (χ1n) is 9.66. The number of halogens is 1. The third-order valence-corrected chi connectivity index (χ3v) is 7.80. The van der Waals surface area contributed by atoms with Gasteiger partial charge >= 0.3 is 5.97 Å². The largest absolute Gasteiger partial charge is 0.478 e. The van der Waals surface area contributed by atoms with Crippen LogP contribution >= 0.6 is 11.6 Å². The number of carbonyl (C=O) groups excluding carboxylic acids is 1. The van der Waals surface area contributed by atoms with E-state index in [2.05, 4.69) is 10.5 Å². The van der Waals surface area contributed by atoms with E-state index in [4.69, 9.17) is 26.7 Å². The summed E-state index contributed by atoms with van der Waals surface area (Å²) in [6, 6.07) is 1.56. The molecule has 0 spiro atoms. The first-order chi connectivity index (χ1) is 14.8. The molecular weight excluding hydrogens is 448 g/mol. The molecule has 1 unspecified atom stereocenters. The van der Waals surface area contributed by atoms with E-state index in [-0.39, 0.29) is 21.4 Å². The molecule has 3 aliphatic rings. The van der Waals surface area contributed by atoms with Crippen molar-refractivity contribution in [2.45, 2.75) is 38.2 Å². The van der Waals surface area contributed by atoms with Crippen LogP contribution < -0.4 is 5.32 Å². The van der Waals surface area contributed by atoms with Crippen LogP contribution in [0.25, 0.3) is 4.91 Å². The highest BCUT2D eigenvalue weighted by molar-refractivity contribution is 8.05. The number of carboxylic acids is 1. The SMILES string of the molecule is O=C1Nc2c(cc(C3=CC=C(Cl)S3(=O)=O)c3c2CCCC3)/C1=N/OC(CCO)C(=O)O. The minimum atomic E-state index is -3.84. The van der Waals surface area contributed by atoms with E-state index >= 15 is 0 Å². The fourth-order valence-electron chi connectivity index (χ4n) is 3.99. The number of allylic oxidation sites excluding steroid dienone is 2. The average Bonchev–Trinajstić information content (AvgIpc) is 3.19. The van der Waals surface area contributed by atoms with Gasteiger partial charge in [0.05, 0.1) is 10.6 Å². The number of rotatable bonds is 6. The molecule has 3 N–H and O–H groups in total. The topological polar surface area (TPSA) is 142 Å². The molecule has 0 bridgehead atoms. The standard InChI is InChI=1S/C20H19ClN2O7S/c21-16-6-5-15(31(16,28)29)12-9-13-17(11-4-2-1-3-10(11)12)22-19(25)18(13)23-30-14(7-8-24)20(26)27/h5-6,9,14,24H,1-4,7-8H2,(H,26,27)(H,22,23,25). The third kappa shape index (κ3) is 3.64. The van der Waals surface area contributed by atoms with Crippen LogP contribution in [-0.2, 0) is 37.1 Å². The average molecular weight is 467 g/mol. The summed E-state index contributed by atoms with van der Waals surface area (Å²) in [4.78, 5) is 28.9. The minimum Gasteiger partial charge on any atom is -0.478 e. The Morgan fingerprint density at radius 1 is 1.23 bits per heavy atom. The summed E-state index contributed by atoms with van der Waals surface area (Å²) in [5, 5.41) is 24.7. The van der Waals surface area contributed by atoms with Gasteiger partial charge in [-0.05, 0) is 60.6 Å². The molecule has 31 heavy (non-hydrogen) atoms. The number of hydrogen-bond acceptors (Lipinski definition) is 7. The zero-order valence-corrected chi connectivity index (χ0v) is 17.8. The zero-order valence-electron chi connectivity index (χ0n) is 16.2. The maximum absolute atomic E-state index is 12.7. The van der Waals surface area contributed by atoms with Crippen molar-refractivity contribution in [1.29, 1.82) is 0 Å². The zero-order chi connectivity index (χ0) is 22.3. The minimum absolute atomic E-state index is 0.0572. The van der Waals surface area contributed by atoms with Gasteiger partial charge in [0, 0.05) is 18.6 Å². The molecule has 2 heterocycles. The van der Waals surface area contributed by atoms with Gasteiger partial charge in [0.15, 0.2) is 5.71 Å². The number of anilines is 1. The Balaban J connectivity index is 1.83. The first kappa shape index (κ1) is 21.5. The number of amides is 1. The van der Waals surface area contributed by atoms with Crippen molar-refractivity contribution in [1.82, 2.24) is 0 Å². The van der Waals surface area contributed by atoms with Crippen LogP contribution in [0.1, 0.15) is 41.5 Å². The third-order valence-electron chi connectivity index (χ3n) is 5.48. The number of carboxylic acid groups (broad SMARTS) is 1. The first-order valence-corrected chi connectivity index (χ1v) is 11.5. The Morgan fingerprint density at radius 3 is 2.55 bits per heavy atom. The summed E-state index contributed by atoms with van der Waals surface area (Å²) in [5.41, 5.74) is 2.86. The lowest BCUT2D eigenvalue weighted by Gasteiger charge is -2.23. The van der Waals surface area contributed by atoms with Crippen molar-refractivity contribution in [3.05, 3.63) is 44.8 Å². The molecule has 0 saturated carbocycles. The van der Waals surface area contributed by atoms with Crippen molar-refractivity contribution in [2.75, 3.05) is 11.9 Å². The number of nitrogens with one attached hydrogen (secondary N) is 1. The number of aliphatic carboxylic acids is 1. The fraction of sp³-hybridized carbons (Fsp3) is 0.350. The quantitative estimate of drug-likeness (QED) is 0.543. The highest BCUT2D eigenvalue weighted by Crippen LogP contribution is 2.43. The second-order valence-electron chi connectivity index (χ2n) is 7.35. The lowest BCUT2D eigenvalue weighted by molar-refractivity contribution is -0.151. The summed E-state index contributed by atoms with van der Waals surface area (Å²) in [7, 11) is -3.84. The number of aliphatic hydroxyl groups is 1. The van der Waals surface area contributed by atoms with Gasteiger partial charge in [0.2, 0.25) is 15.9 Å². The van der Waals surface area contributed by atoms with Gasteiger partial charge in [-0.3, -0.25) is 4.79 Å². The number of nitrogens with zero attached hydrogens (tertiary/aromatic N) is 1. The summed E-state index contributed by atoms with van der Waals surface area (Å²) in [6.07, 6.45) is 4.20. The Morgan fingerprint density at radius 2 is 1.94 bits per heavy atom. The van der Waals surface area contributed by atoms with Crippen LogP contribution in [0.3, 0.4) is 0 Å². The number of oxime groups is 1. The maximum atomic E-state index is 12.7. The Bertz CT molecular complexity index is 1180. The highest BCUT2D eigenvalue weighted by atomic mass is 35.5. The van der Waals surface area contributed by atoms with Crippen LogP contribution in [0.2, 0.25) is 0 Å². The van der Waals surface area contributed by atoms with E-state index in [1.807, 2.05) is 0 Å². The molecule has 164 valence electrons. The second-order valence-corrected chi connectivity index (χ2v) is 9.87. The molecule has 0 aromatic heterocycles. The van der Waals surface area contributed by atoms with Gasteiger partial charge in [-0.15, -0.1) is 0 Å². The number of benzene rings is 1. The van der Waals surface area contributed by atoms with Crippen molar-refractivity contribution in [2.24, 2.45) is 5.16 Å². The summed E-state index contributed by atoms with van der Waals surface area (Å²) >= 11 is 5.88. The Labute approximate surface area is 182 Å². The van der Waals surface area contributed by atoms with Gasteiger partial charge in [-0.1, -0.05) is 16.8 Å². The molecule has 1 atom stereocenters. The normalized spacial score (nSPS) is 21.1. The second kappa shape index (κ2) is 8.10. The van der Waals surface area contributed by atoms with Crippen LogP contribution in [-0.4, -0.2) is 48.9 Å². The molecule has 1 amide bonds. The smallest absolute Gasteiger partial charge is 0.347 e. The predicted octanol–water partition coefficient (Wildman–Crippen LogP) is 1.92. The van der Waals surface area contributed by atoms with Crippen LogP contribution in [0.5, 0.6) is 0 Å². The van der Waals surface area contributed by atoms with Crippen LogP contribution in [0, 0.1) is 0 Å². The van der Waals surface area contributed by atoms with E-state index in [0.717, 1.165) is 24.0 Å². The van der Waals surface area contributed by atoms with Crippen molar-refractivity contribution >= 4 is 49.6 Å². The Kier molecular flexibility index (Phi) is 5.63. The lowest BCUT2D eigenvalue weighted by atomic mass is 9.85. The fourth-order valence-corrected chi connectivity index (χ4v) is 5.48. The van der Waals surface area contributed by atoms with Gasteiger partial charge in [0.25, 0.3) is 5.91 Å². The van der Waals surface area contributed by atoms with E-state index in [9.17, 15) is 18.0 Å². The molecule has 2 aliphatic heterocycles.